The van der Waals surface area contributed by atoms with Crippen molar-refractivity contribution in [3.05, 3.63) is 24.0 Å². The van der Waals surface area contributed by atoms with Gasteiger partial charge in [0, 0.05) is 6.20 Å². The summed E-state index contributed by atoms with van der Waals surface area (Å²) in [5, 5.41) is 8.90. The van der Waals surface area contributed by atoms with Crippen LogP contribution in [0.4, 0.5) is 0 Å². The molecule has 3 heteroatoms. The normalized spacial score (nSPS) is 24.8. The Hall–Kier alpha value is -1.56. The van der Waals surface area contributed by atoms with Crippen molar-refractivity contribution in [1.82, 2.24) is 4.98 Å². The third-order valence-corrected chi connectivity index (χ3v) is 3.13. The minimum absolute atomic E-state index is 0.257. The van der Waals surface area contributed by atoms with Crippen LogP contribution in [0.2, 0.25) is 0 Å². The van der Waals surface area contributed by atoms with Crippen molar-refractivity contribution in [2.24, 2.45) is 5.92 Å². The number of pyridine rings is 1. The number of nitrogens with zero attached hydrogens (tertiary/aromatic N) is 2. The molecule has 16 heavy (non-hydrogen) atoms. The number of nitriles is 1. The highest BCUT2D eigenvalue weighted by atomic mass is 16.5. The number of aromatic nitrogens is 1. The second-order valence-electron chi connectivity index (χ2n) is 4.46. The van der Waals surface area contributed by atoms with E-state index in [0.29, 0.717) is 11.4 Å². The Balaban J connectivity index is 2.01. The predicted octanol–water partition coefficient (Wildman–Crippen LogP) is 2.91. The molecule has 0 N–H and O–H groups in total. The molecule has 0 saturated heterocycles. The first-order chi connectivity index (χ1) is 7.79. The topological polar surface area (TPSA) is 45.9 Å². The van der Waals surface area contributed by atoms with E-state index in [1.54, 1.807) is 6.20 Å². The van der Waals surface area contributed by atoms with Crippen LogP contribution in [0.1, 0.15) is 38.3 Å². The van der Waals surface area contributed by atoms with E-state index in [4.69, 9.17) is 10.00 Å². The minimum Gasteiger partial charge on any atom is -0.487 e. The third kappa shape index (κ3) is 2.52. The molecule has 0 bridgehead atoms. The second-order valence-corrected chi connectivity index (χ2v) is 4.46. The molecular formula is C13H16N2O. The average Bonchev–Trinajstić information content (AvgIpc) is 2.33. The Morgan fingerprint density at radius 1 is 1.38 bits per heavy atom. The molecule has 1 saturated carbocycles. The van der Waals surface area contributed by atoms with Crippen molar-refractivity contribution in [3.63, 3.8) is 0 Å². The van der Waals surface area contributed by atoms with Crippen molar-refractivity contribution in [2.45, 2.75) is 38.7 Å². The van der Waals surface area contributed by atoms with Gasteiger partial charge in [0.05, 0.1) is 6.10 Å². The fourth-order valence-corrected chi connectivity index (χ4v) is 2.10. The number of hydrogen-bond acceptors (Lipinski definition) is 3. The zero-order valence-corrected chi connectivity index (χ0v) is 9.52. The van der Waals surface area contributed by atoms with Gasteiger partial charge in [-0.25, -0.2) is 4.98 Å². The SMILES string of the molecule is CC1CCC(Oc2cccnc2C#N)CC1. The summed E-state index contributed by atoms with van der Waals surface area (Å²) in [5.74, 6) is 1.44. The highest BCUT2D eigenvalue weighted by Crippen LogP contribution is 2.27. The van der Waals surface area contributed by atoms with Crippen LogP contribution in [0.3, 0.4) is 0 Å². The fraction of sp³-hybridized carbons (Fsp3) is 0.538. The molecule has 0 unspecified atom stereocenters. The maximum absolute atomic E-state index is 8.90. The summed E-state index contributed by atoms with van der Waals surface area (Å²) < 4.78 is 5.84. The Bertz CT molecular complexity index is 389. The molecule has 0 atom stereocenters. The summed E-state index contributed by atoms with van der Waals surface area (Å²) in [6.07, 6.45) is 6.48. The molecule has 1 aliphatic carbocycles. The van der Waals surface area contributed by atoms with Gasteiger partial charge in [0.1, 0.15) is 6.07 Å². The highest BCUT2D eigenvalue weighted by molar-refractivity contribution is 5.36. The lowest BCUT2D eigenvalue weighted by molar-refractivity contribution is 0.134. The van der Waals surface area contributed by atoms with Gasteiger partial charge in [-0.2, -0.15) is 5.26 Å². The third-order valence-electron chi connectivity index (χ3n) is 3.13. The molecule has 0 aromatic carbocycles. The molecule has 2 rings (SSSR count). The summed E-state index contributed by atoms with van der Waals surface area (Å²) in [6, 6.07) is 5.69. The molecule has 3 nitrogen and oxygen atoms in total. The molecular weight excluding hydrogens is 200 g/mol. The van der Waals surface area contributed by atoms with E-state index in [1.807, 2.05) is 12.1 Å². The van der Waals surface area contributed by atoms with Gasteiger partial charge in [-0.15, -0.1) is 0 Å². The molecule has 1 aromatic heterocycles. The standard InChI is InChI=1S/C13H16N2O/c1-10-4-6-11(7-5-10)16-13-3-2-8-15-12(13)9-14/h2-3,8,10-11H,4-7H2,1H3. The van der Waals surface area contributed by atoms with Crippen LogP contribution in [0.5, 0.6) is 5.75 Å². The Morgan fingerprint density at radius 3 is 2.81 bits per heavy atom. The van der Waals surface area contributed by atoms with Crippen LogP contribution < -0.4 is 4.74 Å². The lowest BCUT2D eigenvalue weighted by Crippen LogP contribution is -2.23. The maximum Gasteiger partial charge on any atom is 0.182 e. The maximum atomic E-state index is 8.90. The smallest absolute Gasteiger partial charge is 0.182 e. The first kappa shape index (κ1) is 10.9. The summed E-state index contributed by atoms with van der Waals surface area (Å²) in [5.41, 5.74) is 0.390. The van der Waals surface area contributed by atoms with Crippen LogP contribution in [-0.2, 0) is 0 Å². The van der Waals surface area contributed by atoms with Gasteiger partial charge in [-0.1, -0.05) is 6.92 Å². The first-order valence-corrected chi connectivity index (χ1v) is 5.81. The lowest BCUT2D eigenvalue weighted by Gasteiger charge is -2.26. The molecule has 0 amide bonds. The van der Waals surface area contributed by atoms with Gasteiger partial charge in [0.2, 0.25) is 0 Å². The van der Waals surface area contributed by atoms with E-state index in [2.05, 4.69) is 18.0 Å². The minimum atomic E-state index is 0.257. The van der Waals surface area contributed by atoms with Crippen LogP contribution >= 0.6 is 0 Å². The molecule has 1 aliphatic rings. The van der Waals surface area contributed by atoms with E-state index < -0.39 is 0 Å². The van der Waals surface area contributed by atoms with Gasteiger partial charge in [0.25, 0.3) is 0 Å². The quantitative estimate of drug-likeness (QED) is 0.763. The Kier molecular flexibility index (Phi) is 3.40. The monoisotopic (exact) mass is 216 g/mol. The van der Waals surface area contributed by atoms with Gasteiger partial charge >= 0.3 is 0 Å². The van der Waals surface area contributed by atoms with E-state index in [0.717, 1.165) is 18.8 Å². The van der Waals surface area contributed by atoms with Crippen molar-refractivity contribution >= 4 is 0 Å². The number of ether oxygens (including phenoxy) is 1. The van der Waals surface area contributed by atoms with Crippen molar-refractivity contribution in [1.29, 1.82) is 5.26 Å². The summed E-state index contributed by atoms with van der Waals surface area (Å²) in [6.45, 7) is 2.28. The van der Waals surface area contributed by atoms with Gasteiger partial charge in [0.15, 0.2) is 11.4 Å². The summed E-state index contributed by atoms with van der Waals surface area (Å²) in [4.78, 5) is 3.99. The fourth-order valence-electron chi connectivity index (χ4n) is 2.10. The number of rotatable bonds is 2. The Morgan fingerprint density at radius 2 is 2.12 bits per heavy atom. The predicted molar refractivity (Wildman–Crippen MR) is 61.0 cm³/mol. The Labute approximate surface area is 96.1 Å². The number of hydrogen-bond donors (Lipinski definition) is 0. The molecule has 1 heterocycles. The summed E-state index contributed by atoms with van der Waals surface area (Å²) >= 11 is 0. The van der Waals surface area contributed by atoms with Gasteiger partial charge in [-0.05, 0) is 43.7 Å². The van der Waals surface area contributed by atoms with E-state index in [9.17, 15) is 0 Å². The molecule has 84 valence electrons. The largest absolute Gasteiger partial charge is 0.487 e. The molecule has 0 spiro atoms. The van der Waals surface area contributed by atoms with Gasteiger partial charge in [-0.3, -0.25) is 0 Å². The molecule has 0 aliphatic heterocycles. The lowest BCUT2D eigenvalue weighted by atomic mass is 9.89. The summed E-state index contributed by atoms with van der Waals surface area (Å²) in [7, 11) is 0. The second kappa shape index (κ2) is 4.98. The van der Waals surface area contributed by atoms with Gasteiger partial charge < -0.3 is 4.74 Å². The van der Waals surface area contributed by atoms with Crippen LogP contribution in [0.15, 0.2) is 18.3 Å². The molecule has 1 aromatic rings. The van der Waals surface area contributed by atoms with Crippen LogP contribution in [0, 0.1) is 17.2 Å². The zero-order valence-electron chi connectivity index (χ0n) is 9.52. The average molecular weight is 216 g/mol. The van der Waals surface area contributed by atoms with E-state index in [1.165, 1.54) is 12.8 Å². The zero-order chi connectivity index (χ0) is 11.4. The van der Waals surface area contributed by atoms with E-state index >= 15 is 0 Å². The van der Waals surface area contributed by atoms with Crippen molar-refractivity contribution < 1.29 is 4.74 Å². The van der Waals surface area contributed by atoms with Crippen molar-refractivity contribution in [3.8, 4) is 11.8 Å². The van der Waals surface area contributed by atoms with Crippen molar-refractivity contribution in [2.75, 3.05) is 0 Å². The highest BCUT2D eigenvalue weighted by Gasteiger charge is 2.20. The molecule has 1 fully saturated rings. The van der Waals surface area contributed by atoms with E-state index in [-0.39, 0.29) is 6.10 Å². The first-order valence-electron chi connectivity index (χ1n) is 5.81. The van der Waals surface area contributed by atoms with Crippen LogP contribution in [0.25, 0.3) is 0 Å². The van der Waals surface area contributed by atoms with Crippen LogP contribution in [-0.4, -0.2) is 11.1 Å². The molecule has 0 radical (unpaired) electrons.